The Morgan fingerprint density at radius 2 is 2.18 bits per heavy atom. The van der Waals surface area contributed by atoms with Crippen LogP contribution < -0.4 is 9.47 Å². The number of nitro groups is 1. The summed E-state index contributed by atoms with van der Waals surface area (Å²) < 4.78 is 10.2. The van der Waals surface area contributed by atoms with Gasteiger partial charge in [0.15, 0.2) is 5.75 Å². The molecule has 6 heteroatoms. The molecule has 0 aliphatic carbocycles. The number of ether oxygens (including phenoxy) is 2. The predicted molar refractivity (Wildman–Crippen MR) is 65.0 cm³/mol. The average Bonchev–Trinajstić information content (AvgIpc) is 2.25. The highest BCUT2D eigenvalue weighted by atomic mass is 35.5. The Labute approximate surface area is 104 Å². The second-order valence-electron chi connectivity index (χ2n) is 3.46. The molecular formula is C11H12ClNO4. The minimum Gasteiger partial charge on any atom is -0.495 e. The maximum atomic E-state index is 10.9. The van der Waals surface area contributed by atoms with Gasteiger partial charge in [0.1, 0.15) is 12.4 Å². The van der Waals surface area contributed by atoms with E-state index in [2.05, 4.69) is 6.58 Å². The van der Waals surface area contributed by atoms with Gasteiger partial charge in [0.2, 0.25) is 0 Å². The van der Waals surface area contributed by atoms with E-state index in [1.807, 2.05) is 0 Å². The van der Waals surface area contributed by atoms with Crippen molar-refractivity contribution in [1.82, 2.24) is 0 Å². The Bertz CT molecular complexity index is 459. The third-order valence-electron chi connectivity index (χ3n) is 1.90. The predicted octanol–water partition coefficient (Wildman–Crippen LogP) is 3.21. The SMILES string of the molecule is C=C(C)COc1cc(Cl)c(OC)cc1[N+](=O)[O-]. The monoisotopic (exact) mass is 257 g/mol. The molecule has 0 saturated heterocycles. The van der Waals surface area contributed by atoms with Gasteiger partial charge in [-0.15, -0.1) is 0 Å². The van der Waals surface area contributed by atoms with E-state index in [0.29, 0.717) is 0 Å². The van der Waals surface area contributed by atoms with Crippen LogP contribution in [0, 0.1) is 10.1 Å². The largest absolute Gasteiger partial charge is 0.495 e. The molecule has 0 saturated carbocycles. The number of halogens is 1. The van der Waals surface area contributed by atoms with Gasteiger partial charge in [-0.2, -0.15) is 0 Å². The summed E-state index contributed by atoms with van der Waals surface area (Å²) in [6, 6.07) is 2.59. The van der Waals surface area contributed by atoms with Crippen LogP contribution in [-0.4, -0.2) is 18.6 Å². The van der Waals surface area contributed by atoms with Crippen molar-refractivity contribution >= 4 is 17.3 Å². The smallest absolute Gasteiger partial charge is 0.314 e. The number of hydrogen-bond acceptors (Lipinski definition) is 4. The Balaban J connectivity index is 3.13. The van der Waals surface area contributed by atoms with E-state index in [1.165, 1.54) is 19.2 Å². The van der Waals surface area contributed by atoms with Gasteiger partial charge in [-0.1, -0.05) is 18.2 Å². The summed E-state index contributed by atoms with van der Waals surface area (Å²) in [5, 5.41) is 11.1. The normalized spacial score (nSPS) is 9.82. The summed E-state index contributed by atoms with van der Waals surface area (Å²) in [6.07, 6.45) is 0. The van der Waals surface area contributed by atoms with Crippen molar-refractivity contribution in [1.29, 1.82) is 0 Å². The van der Waals surface area contributed by atoms with Crippen LogP contribution in [0.4, 0.5) is 5.69 Å². The molecule has 0 aromatic heterocycles. The summed E-state index contributed by atoms with van der Waals surface area (Å²) in [6.45, 7) is 5.61. The maximum absolute atomic E-state index is 10.9. The van der Waals surface area contributed by atoms with Gasteiger partial charge in [-0.25, -0.2) is 0 Å². The van der Waals surface area contributed by atoms with Crippen LogP contribution in [0.15, 0.2) is 24.3 Å². The summed E-state index contributed by atoms with van der Waals surface area (Å²) >= 11 is 5.87. The number of nitrogens with zero attached hydrogens (tertiary/aromatic N) is 1. The third kappa shape index (κ3) is 3.35. The molecule has 0 unspecified atom stereocenters. The Hall–Kier alpha value is -1.75. The number of hydrogen-bond donors (Lipinski definition) is 0. The summed E-state index contributed by atoms with van der Waals surface area (Å²) in [7, 11) is 1.39. The standard InChI is InChI=1S/C11H12ClNO4/c1-7(2)6-17-11-4-8(12)10(16-3)5-9(11)13(14)15/h4-5H,1,6H2,2-3H3. The number of benzene rings is 1. The molecule has 17 heavy (non-hydrogen) atoms. The van der Waals surface area contributed by atoms with Crippen molar-refractivity contribution in [2.24, 2.45) is 0 Å². The molecule has 0 atom stereocenters. The van der Waals surface area contributed by atoms with Gasteiger partial charge in [-0.05, 0) is 12.5 Å². The molecule has 1 rings (SSSR count). The van der Waals surface area contributed by atoms with Crippen LogP contribution in [0.1, 0.15) is 6.92 Å². The van der Waals surface area contributed by atoms with Gasteiger partial charge in [0.25, 0.3) is 0 Å². The Morgan fingerprint density at radius 1 is 1.53 bits per heavy atom. The van der Waals surface area contributed by atoms with Gasteiger partial charge in [0, 0.05) is 6.07 Å². The quantitative estimate of drug-likeness (QED) is 0.462. The molecule has 0 radical (unpaired) electrons. The van der Waals surface area contributed by atoms with Crippen molar-refractivity contribution < 1.29 is 14.4 Å². The Kier molecular flexibility index (Phi) is 4.34. The highest BCUT2D eigenvalue weighted by Gasteiger charge is 2.19. The molecule has 0 amide bonds. The first-order valence-corrected chi connectivity index (χ1v) is 5.12. The summed E-state index contributed by atoms with van der Waals surface area (Å²) in [5.41, 5.74) is 0.568. The second kappa shape index (κ2) is 5.54. The first-order valence-electron chi connectivity index (χ1n) is 4.74. The van der Waals surface area contributed by atoms with Crippen LogP contribution >= 0.6 is 11.6 Å². The molecule has 0 aliphatic rings. The van der Waals surface area contributed by atoms with E-state index in [0.717, 1.165) is 5.57 Å². The van der Waals surface area contributed by atoms with Crippen molar-refractivity contribution in [2.45, 2.75) is 6.92 Å². The fraction of sp³-hybridized carbons (Fsp3) is 0.273. The molecular weight excluding hydrogens is 246 g/mol. The molecule has 1 aromatic carbocycles. The molecule has 0 N–H and O–H groups in total. The number of methoxy groups -OCH3 is 1. The molecule has 5 nitrogen and oxygen atoms in total. The lowest BCUT2D eigenvalue weighted by Crippen LogP contribution is -2.01. The average molecular weight is 258 g/mol. The summed E-state index contributed by atoms with van der Waals surface area (Å²) in [4.78, 5) is 10.3. The molecule has 0 heterocycles. The molecule has 0 bridgehead atoms. The highest BCUT2D eigenvalue weighted by Crippen LogP contribution is 2.37. The maximum Gasteiger partial charge on any atom is 0.314 e. The van der Waals surface area contributed by atoms with Gasteiger partial charge >= 0.3 is 5.69 Å². The topological polar surface area (TPSA) is 61.6 Å². The number of rotatable bonds is 5. The van der Waals surface area contributed by atoms with E-state index < -0.39 is 4.92 Å². The second-order valence-corrected chi connectivity index (χ2v) is 3.86. The van der Waals surface area contributed by atoms with Crippen LogP contribution in [0.2, 0.25) is 5.02 Å². The molecule has 0 fully saturated rings. The first-order chi connectivity index (χ1) is 7.95. The van der Waals surface area contributed by atoms with Crippen LogP contribution in [-0.2, 0) is 0 Å². The zero-order valence-corrected chi connectivity index (χ0v) is 10.3. The van der Waals surface area contributed by atoms with Gasteiger partial charge in [-0.3, -0.25) is 10.1 Å². The Morgan fingerprint density at radius 3 is 2.65 bits per heavy atom. The molecule has 1 aromatic rings. The zero-order valence-electron chi connectivity index (χ0n) is 9.53. The van der Waals surface area contributed by atoms with Crippen LogP contribution in [0.3, 0.4) is 0 Å². The summed E-state index contributed by atoms with van der Waals surface area (Å²) in [5.74, 6) is 0.338. The fourth-order valence-electron chi connectivity index (χ4n) is 1.14. The molecule has 0 spiro atoms. The minimum absolute atomic E-state index is 0.101. The molecule has 0 aliphatic heterocycles. The van der Waals surface area contributed by atoms with Gasteiger partial charge < -0.3 is 9.47 Å². The lowest BCUT2D eigenvalue weighted by molar-refractivity contribution is -0.385. The van der Waals surface area contributed by atoms with E-state index in [9.17, 15) is 10.1 Å². The van der Waals surface area contributed by atoms with E-state index in [4.69, 9.17) is 21.1 Å². The van der Waals surface area contributed by atoms with E-state index in [-0.39, 0.29) is 28.8 Å². The van der Waals surface area contributed by atoms with Crippen LogP contribution in [0.25, 0.3) is 0 Å². The van der Waals surface area contributed by atoms with Crippen molar-refractivity contribution in [3.63, 3.8) is 0 Å². The zero-order chi connectivity index (χ0) is 13.0. The molecule has 92 valence electrons. The third-order valence-corrected chi connectivity index (χ3v) is 2.20. The first kappa shape index (κ1) is 13.3. The lowest BCUT2D eigenvalue weighted by atomic mass is 10.2. The van der Waals surface area contributed by atoms with Gasteiger partial charge in [0.05, 0.1) is 23.1 Å². The van der Waals surface area contributed by atoms with Crippen molar-refractivity contribution in [3.8, 4) is 11.5 Å². The van der Waals surface area contributed by atoms with Crippen molar-refractivity contribution in [2.75, 3.05) is 13.7 Å². The van der Waals surface area contributed by atoms with Crippen molar-refractivity contribution in [3.05, 3.63) is 39.4 Å². The van der Waals surface area contributed by atoms with Crippen LogP contribution in [0.5, 0.6) is 11.5 Å². The lowest BCUT2D eigenvalue weighted by Gasteiger charge is -2.09. The van der Waals surface area contributed by atoms with E-state index in [1.54, 1.807) is 6.92 Å². The van der Waals surface area contributed by atoms with E-state index >= 15 is 0 Å². The fourth-order valence-corrected chi connectivity index (χ4v) is 1.37. The minimum atomic E-state index is -0.549. The highest BCUT2D eigenvalue weighted by molar-refractivity contribution is 6.32. The number of nitro benzene ring substituents is 1.